The van der Waals surface area contributed by atoms with Crippen LogP contribution in [0.3, 0.4) is 0 Å². The maximum Gasteiger partial charge on any atom is 0.259 e. The summed E-state index contributed by atoms with van der Waals surface area (Å²) in [6, 6.07) is 19.0. The predicted molar refractivity (Wildman–Crippen MR) is 69.2 cm³/mol. The maximum atomic E-state index is 2.29. The standard InChI is InChI=1S/C15H15N2.HI/c1-12-16(2)14-10-6-7-11-15(14)17(12)13-8-4-3-5-9-13;/h3-11H,1-2H3;1H/q+1;/p-1. The molecular formula is C15H15IN2. The SMILES string of the molecule is Cc1n(-c2ccccc2)c2ccccc2[n+]1C.[I-]. The van der Waals surface area contributed by atoms with Crippen LogP contribution in [0.2, 0.25) is 0 Å². The molecule has 3 heteroatoms. The smallest absolute Gasteiger partial charge is 0.259 e. The van der Waals surface area contributed by atoms with Crippen LogP contribution in [0.1, 0.15) is 5.82 Å². The minimum absolute atomic E-state index is 0. The fraction of sp³-hybridized carbons (Fsp3) is 0.133. The zero-order valence-corrected chi connectivity index (χ0v) is 12.6. The van der Waals surface area contributed by atoms with Gasteiger partial charge in [0.25, 0.3) is 5.82 Å². The van der Waals surface area contributed by atoms with Crippen LogP contribution in [0.25, 0.3) is 16.7 Å². The molecule has 18 heavy (non-hydrogen) atoms. The molecule has 0 radical (unpaired) electrons. The fourth-order valence-electron chi connectivity index (χ4n) is 2.34. The van der Waals surface area contributed by atoms with Gasteiger partial charge >= 0.3 is 0 Å². The average Bonchev–Trinajstić information content (AvgIpc) is 2.64. The van der Waals surface area contributed by atoms with E-state index >= 15 is 0 Å². The van der Waals surface area contributed by atoms with Crippen LogP contribution >= 0.6 is 0 Å². The molecule has 0 aliphatic rings. The molecule has 0 fully saturated rings. The van der Waals surface area contributed by atoms with Crippen LogP contribution in [-0.4, -0.2) is 4.57 Å². The van der Waals surface area contributed by atoms with Gasteiger partial charge in [0.2, 0.25) is 0 Å². The van der Waals surface area contributed by atoms with Crippen molar-refractivity contribution in [2.75, 3.05) is 0 Å². The van der Waals surface area contributed by atoms with E-state index in [0.29, 0.717) is 0 Å². The number of nitrogens with zero attached hydrogens (tertiary/aromatic N) is 2. The molecule has 0 spiro atoms. The molecule has 0 saturated carbocycles. The molecule has 3 aromatic rings. The number of aromatic nitrogens is 2. The van der Waals surface area contributed by atoms with Crippen LogP contribution in [0.5, 0.6) is 0 Å². The molecule has 0 N–H and O–H groups in total. The highest BCUT2D eigenvalue weighted by atomic mass is 127. The number of rotatable bonds is 1. The molecule has 3 rings (SSSR count). The third-order valence-electron chi connectivity index (χ3n) is 3.31. The summed E-state index contributed by atoms with van der Waals surface area (Å²) in [6.07, 6.45) is 0. The Morgan fingerprint density at radius 3 is 2.22 bits per heavy atom. The molecule has 0 unspecified atom stereocenters. The molecule has 0 atom stereocenters. The third kappa shape index (κ3) is 1.92. The maximum absolute atomic E-state index is 2.29. The Morgan fingerprint density at radius 2 is 1.50 bits per heavy atom. The van der Waals surface area contributed by atoms with Crippen molar-refractivity contribution in [3.63, 3.8) is 0 Å². The Morgan fingerprint density at radius 1 is 0.889 bits per heavy atom. The van der Waals surface area contributed by atoms with Gasteiger partial charge in [-0.25, -0.2) is 4.57 Å². The van der Waals surface area contributed by atoms with Gasteiger partial charge in [-0.1, -0.05) is 30.3 Å². The number of benzene rings is 2. The third-order valence-corrected chi connectivity index (χ3v) is 3.31. The van der Waals surface area contributed by atoms with Crippen LogP contribution in [0.15, 0.2) is 54.6 Å². The van der Waals surface area contributed by atoms with Crippen molar-refractivity contribution >= 4 is 11.0 Å². The van der Waals surface area contributed by atoms with Crippen LogP contribution in [0.4, 0.5) is 0 Å². The van der Waals surface area contributed by atoms with E-state index in [1.807, 2.05) is 6.07 Å². The first-order valence-electron chi connectivity index (χ1n) is 5.80. The highest BCUT2D eigenvalue weighted by molar-refractivity contribution is 5.74. The lowest BCUT2D eigenvalue weighted by atomic mass is 10.3. The van der Waals surface area contributed by atoms with E-state index in [4.69, 9.17) is 0 Å². The van der Waals surface area contributed by atoms with Gasteiger partial charge in [0, 0.05) is 6.92 Å². The Bertz CT molecular complexity index is 672. The van der Waals surface area contributed by atoms with Crippen molar-refractivity contribution in [2.24, 2.45) is 7.05 Å². The summed E-state index contributed by atoms with van der Waals surface area (Å²) >= 11 is 0. The van der Waals surface area contributed by atoms with Gasteiger partial charge in [-0.2, -0.15) is 4.57 Å². The summed E-state index contributed by atoms with van der Waals surface area (Å²) < 4.78 is 4.51. The molecule has 0 bridgehead atoms. The van der Waals surface area contributed by atoms with E-state index in [1.165, 1.54) is 22.5 Å². The second-order valence-electron chi connectivity index (χ2n) is 4.27. The summed E-state index contributed by atoms with van der Waals surface area (Å²) in [4.78, 5) is 0. The Kier molecular flexibility index (Phi) is 3.71. The minimum Gasteiger partial charge on any atom is -1.00 e. The number of halogens is 1. The number of fused-ring (bicyclic) bond motifs is 1. The molecule has 0 saturated heterocycles. The van der Waals surface area contributed by atoms with Crippen LogP contribution < -0.4 is 28.5 Å². The second-order valence-corrected chi connectivity index (χ2v) is 4.27. The Balaban J connectivity index is 0.00000120. The molecule has 2 aromatic carbocycles. The zero-order chi connectivity index (χ0) is 11.8. The van der Waals surface area contributed by atoms with Crippen LogP contribution in [-0.2, 0) is 7.05 Å². The molecule has 0 aliphatic carbocycles. The van der Waals surface area contributed by atoms with Crippen molar-refractivity contribution in [2.45, 2.75) is 6.92 Å². The van der Waals surface area contributed by atoms with E-state index < -0.39 is 0 Å². The molecule has 92 valence electrons. The van der Waals surface area contributed by atoms with E-state index in [-0.39, 0.29) is 24.0 Å². The van der Waals surface area contributed by atoms with Gasteiger partial charge in [-0.05, 0) is 24.3 Å². The quantitative estimate of drug-likeness (QED) is 0.424. The number of hydrogen-bond acceptors (Lipinski definition) is 0. The first-order chi connectivity index (χ1) is 8.29. The molecule has 0 aliphatic heterocycles. The fourth-order valence-corrected chi connectivity index (χ4v) is 2.34. The predicted octanol–water partition coefficient (Wildman–Crippen LogP) is -0.233. The molecular weight excluding hydrogens is 335 g/mol. The number of imidazole rings is 1. The number of aryl methyl sites for hydroxylation is 1. The van der Waals surface area contributed by atoms with Crippen LogP contribution in [0, 0.1) is 6.92 Å². The summed E-state index contributed by atoms with van der Waals surface area (Å²) in [5, 5.41) is 0. The Labute approximate surface area is 124 Å². The highest BCUT2D eigenvalue weighted by Gasteiger charge is 2.19. The van der Waals surface area contributed by atoms with Crippen molar-refractivity contribution in [3.05, 3.63) is 60.4 Å². The highest BCUT2D eigenvalue weighted by Crippen LogP contribution is 2.18. The lowest BCUT2D eigenvalue weighted by Gasteiger charge is -1.98. The second kappa shape index (κ2) is 5.10. The zero-order valence-electron chi connectivity index (χ0n) is 10.5. The number of hydrogen-bond donors (Lipinski definition) is 0. The monoisotopic (exact) mass is 350 g/mol. The average molecular weight is 350 g/mol. The molecule has 2 nitrogen and oxygen atoms in total. The van der Waals surface area contributed by atoms with Crippen molar-refractivity contribution < 1.29 is 28.5 Å². The van der Waals surface area contributed by atoms with E-state index in [1.54, 1.807) is 0 Å². The summed E-state index contributed by atoms with van der Waals surface area (Å²) in [7, 11) is 2.11. The van der Waals surface area contributed by atoms with Crippen molar-refractivity contribution in [1.82, 2.24) is 4.57 Å². The van der Waals surface area contributed by atoms with E-state index in [2.05, 4.69) is 71.6 Å². The minimum atomic E-state index is 0. The normalized spacial score (nSPS) is 10.3. The van der Waals surface area contributed by atoms with E-state index in [0.717, 1.165) is 0 Å². The number of para-hydroxylation sites is 3. The van der Waals surface area contributed by atoms with E-state index in [9.17, 15) is 0 Å². The van der Waals surface area contributed by atoms with Crippen molar-refractivity contribution in [3.8, 4) is 5.69 Å². The first-order valence-corrected chi connectivity index (χ1v) is 5.80. The molecule has 1 aromatic heterocycles. The molecule has 0 amide bonds. The lowest BCUT2D eigenvalue weighted by Crippen LogP contribution is -3.00. The van der Waals surface area contributed by atoms with Crippen molar-refractivity contribution in [1.29, 1.82) is 0 Å². The van der Waals surface area contributed by atoms with Gasteiger partial charge in [-0.15, -0.1) is 0 Å². The summed E-state index contributed by atoms with van der Waals surface area (Å²) in [5.41, 5.74) is 3.72. The summed E-state index contributed by atoms with van der Waals surface area (Å²) in [5.74, 6) is 1.23. The topological polar surface area (TPSA) is 8.81 Å². The van der Waals surface area contributed by atoms with Gasteiger partial charge in [0.15, 0.2) is 11.0 Å². The largest absolute Gasteiger partial charge is 1.00 e. The van der Waals surface area contributed by atoms with Gasteiger partial charge < -0.3 is 24.0 Å². The summed E-state index contributed by atoms with van der Waals surface area (Å²) in [6.45, 7) is 2.15. The first kappa shape index (κ1) is 13.1. The Hall–Kier alpha value is -1.36. The van der Waals surface area contributed by atoms with Gasteiger partial charge in [-0.3, -0.25) is 0 Å². The van der Waals surface area contributed by atoms with Gasteiger partial charge in [0.1, 0.15) is 5.69 Å². The van der Waals surface area contributed by atoms with Gasteiger partial charge in [0.05, 0.1) is 7.05 Å². The molecule has 1 heterocycles. The lowest BCUT2D eigenvalue weighted by molar-refractivity contribution is -0.652.